The molecule has 0 unspecified atom stereocenters. The lowest BCUT2D eigenvalue weighted by atomic mass is 10.3. The fourth-order valence-corrected chi connectivity index (χ4v) is 1.85. The zero-order chi connectivity index (χ0) is 12.0. The summed E-state index contributed by atoms with van der Waals surface area (Å²) in [5.41, 5.74) is 6.55. The van der Waals surface area contributed by atoms with Crippen LogP contribution >= 0.6 is 0 Å². The molecule has 1 aliphatic rings. The van der Waals surface area contributed by atoms with E-state index in [9.17, 15) is 0 Å². The van der Waals surface area contributed by atoms with E-state index in [1.807, 2.05) is 4.68 Å². The fourth-order valence-electron chi connectivity index (χ4n) is 1.85. The van der Waals surface area contributed by atoms with Crippen molar-refractivity contribution >= 4 is 22.8 Å². The van der Waals surface area contributed by atoms with Crippen LogP contribution in [0.4, 0.5) is 11.8 Å². The summed E-state index contributed by atoms with van der Waals surface area (Å²) in [5, 5.41) is 8.65. The number of nitrogens with one attached hydrogen (secondary N) is 1. The topological polar surface area (TPSA) is 81.7 Å². The summed E-state index contributed by atoms with van der Waals surface area (Å²) in [6.45, 7) is 4.14. The van der Waals surface area contributed by atoms with Gasteiger partial charge in [0.1, 0.15) is 5.82 Å². The first kappa shape index (κ1) is 10.3. The molecule has 0 bridgehead atoms. The molecule has 0 aliphatic heterocycles. The van der Waals surface area contributed by atoms with Crippen LogP contribution in [0.2, 0.25) is 0 Å². The molecule has 90 valence electrons. The number of nitrogens with two attached hydrogens (primary N) is 1. The first-order valence-electron chi connectivity index (χ1n) is 5.92. The fraction of sp³-hybridized carbons (Fsp3) is 0.545. The highest BCUT2D eigenvalue weighted by atomic mass is 15.3. The van der Waals surface area contributed by atoms with Gasteiger partial charge in [-0.05, 0) is 26.7 Å². The van der Waals surface area contributed by atoms with Gasteiger partial charge in [0.05, 0.1) is 11.6 Å². The van der Waals surface area contributed by atoms with Crippen molar-refractivity contribution in [1.82, 2.24) is 19.7 Å². The molecule has 3 N–H and O–H groups in total. The molecule has 0 amide bonds. The second kappa shape index (κ2) is 3.58. The van der Waals surface area contributed by atoms with Crippen molar-refractivity contribution in [2.45, 2.75) is 38.8 Å². The summed E-state index contributed by atoms with van der Waals surface area (Å²) in [4.78, 5) is 8.53. The van der Waals surface area contributed by atoms with Crippen LogP contribution < -0.4 is 11.1 Å². The summed E-state index contributed by atoms with van der Waals surface area (Å²) in [5.74, 6) is 1.10. The first-order valence-corrected chi connectivity index (χ1v) is 5.92. The molecule has 0 saturated heterocycles. The van der Waals surface area contributed by atoms with Gasteiger partial charge in [-0.25, -0.2) is 4.68 Å². The molecule has 0 aromatic carbocycles. The lowest BCUT2D eigenvalue weighted by molar-refractivity contribution is 0.546. The smallest absolute Gasteiger partial charge is 0.224 e. The second-order valence-corrected chi connectivity index (χ2v) is 4.77. The molecular weight excluding hydrogens is 216 g/mol. The molecule has 2 heterocycles. The molecule has 0 atom stereocenters. The van der Waals surface area contributed by atoms with Crippen LogP contribution in [0.3, 0.4) is 0 Å². The van der Waals surface area contributed by atoms with E-state index in [4.69, 9.17) is 5.73 Å². The maximum absolute atomic E-state index is 5.75. The summed E-state index contributed by atoms with van der Waals surface area (Å²) < 4.78 is 1.87. The Bertz CT molecular complexity index is 554. The van der Waals surface area contributed by atoms with Crippen molar-refractivity contribution in [2.24, 2.45) is 0 Å². The highest BCUT2D eigenvalue weighted by Crippen LogP contribution is 2.29. The van der Waals surface area contributed by atoms with Crippen LogP contribution in [0.15, 0.2) is 6.20 Å². The van der Waals surface area contributed by atoms with E-state index in [0.717, 1.165) is 16.9 Å². The molecule has 17 heavy (non-hydrogen) atoms. The minimum Gasteiger partial charge on any atom is -0.368 e. The molecule has 2 aromatic rings. The third kappa shape index (κ3) is 1.79. The Kier molecular flexibility index (Phi) is 2.17. The maximum atomic E-state index is 5.75. The van der Waals surface area contributed by atoms with E-state index in [1.54, 1.807) is 6.20 Å². The molecule has 0 spiro atoms. The minimum atomic E-state index is 0.260. The number of nitrogen functional groups attached to an aromatic ring is 1. The Balaban J connectivity index is 2.14. The quantitative estimate of drug-likeness (QED) is 0.839. The normalized spacial score (nSPS) is 15.7. The van der Waals surface area contributed by atoms with Gasteiger partial charge >= 0.3 is 0 Å². The zero-order valence-corrected chi connectivity index (χ0v) is 10.0. The van der Waals surface area contributed by atoms with Crippen molar-refractivity contribution in [3.05, 3.63) is 6.20 Å². The van der Waals surface area contributed by atoms with E-state index in [0.29, 0.717) is 12.0 Å². The molecule has 1 aliphatic carbocycles. The van der Waals surface area contributed by atoms with Crippen molar-refractivity contribution in [3.63, 3.8) is 0 Å². The van der Waals surface area contributed by atoms with E-state index in [2.05, 4.69) is 34.2 Å². The Labute approximate surface area is 99.2 Å². The van der Waals surface area contributed by atoms with E-state index in [-0.39, 0.29) is 6.04 Å². The van der Waals surface area contributed by atoms with Crippen molar-refractivity contribution in [1.29, 1.82) is 0 Å². The second-order valence-electron chi connectivity index (χ2n) is 4.77. The number of hydrogen-bond donors (Lipinski definition) is 2. The number of anilines is 2. The Hall–Kier alpha value is -1.85. The van der Waals surface area contributed by atoms with Gasteiger partial charge in [-0.2, -0.15) is 15.1 Å². The molecule has 6 heteroatoms. The minimum absolute atomic E-state index is 0.260. The molecule has 3 rings (SSSR count). The predicted molar refractivity (Wildman–Crippen MR) is 66.8 cm³/mol. The Morgan fingerprint density at radius 3 is 2.82 bits per heavy atom. The molecule has 2 aromatic heterocycles. The number of nitrogens with zero attached hydrogens (tertiary/aromatic N) is 4. The van der Waals surface area contributed by atoms with Gasteiger partial charge in [0.25, 0.3) is 0 Å². The van der Waals surface area contributed by atoms with Crippen molar-refractivity contribution in [2.75, 3.05) is 11.1 Å². The number of aromatic nitrogens is 4. The maximum Gasteiger partial charge on any atom is 0.224 e. The van der Waals surface area contributed by atoms with Gasteiger partial charge < -0.3 is 11.1 Å². The van der Waals surface area contributed by atoms with Crippen molar-refractivity contribution < 1.29 is 0 Å². The zero-order valence-electron chi connectivity index (χ0n) is 10.0. The van der Waals surface area contributed by atoms with E-state index in [1.165, 1.54) is 12.8 Å². The summed E-state index contributed by atoms with van der Waals surface area (Å²) >= 11 is 0. The number of hydrogen-bond acceptors (Lipinski definition) is 5. The Morgan fingerprint density at radius 2 is 2.18 bits per heavy atom. The van der Waals surface area contributed by atoms with E-state index < -0.39 is 0 Å². The SMILES string of the molecule is CC(C)n1ncc2c(NC3CC3)nc(N)nc21. The number of fused-ring (bicyclic) bond motifs is 1. The first-order chi connectivity index (χ1) is 8.15. The third-order valence-corrected chi connectivity index (χ3v) is 2.88. The lowest BCUT2D eigenvalue weighted by Gasteiger charge is -2.08. The van der Waals surface area contributed by atoms with Crippen LogP contribution in [-0.2, 0) is 0 Å². The van der Waals surface area contributed by atoms with E-state index >= 15 is 0 Å². The van der Waals surface area contributed by atoms with Crippen LogP contribution in [-0.4, -0.2) is 25.8 Å². The molecule has 1 fully saturated rings. The average Bonchev–Trinajstić information content (AvgIpc) is 2.94. The standard InChI is InChI=1S/C11H16N6/c1-6(2)17-10-8(5-13-17)9(14-7-3-4-7)15-11(12)16-10/h5-7H,3-4H2,1-2H3,(H3,12,14,15,16). The van der Waals surface area contributed by atoms with Gasteiger partial charge in [0, 0.05) is 12.1 Å². The van der Waals surface area contributed by atoms with Gasteiger partial charge in [-0.15, -0.1) is 0 Å². The summed E-state index contributed by atoms with van der Waals surface area (Å²) in [7, 11) is 0. The Morgan fingerprint density at radius 1 is 1.41 bits per heavy atom. The largest absolute Gasteiger partial charge is 0.368 e. The molecule has 0 radical (unpaired) electrons. The monoisotopic (exact) mass is 232 g/mol. The molecular formula is C11H16N6. The molecule has 6 nitrogen and oxygen atoms in total. The van der Waals surface area contributed by atoms with Crippen molar-refractivity contribution in [3.8, 4) is 0 Å². The van der Waals surface area contributed by atoms with Gasteiger partial charge in [0.15, 0.2) is 5.65 Å². The van der Waals surface area contributed by atoms with Crippen LogP contribution in [0.1, 0.15) is 32.7 Å². The van der Waals surface area contributed by atoms with Crippen LogP contribution in [0.25, 0.3) is 11.0 Å². The van der Waals surface area contributed by atoms with Gasteiger partial charge in [-0.3, -0.25) is 0 Å². The highest BCUT2D eigenvalue weighted by molar-refractivity contribution is 5.87. The number of rotatable bonds is 3. The van der Waals surface area contributed by atoms with Gasteiger partial charge in [-0.1, -0.05) is 0 Å². The average molecular weight is 232 g/mol. The summed E-state index contributed by atoms with van der Waals surface area (Å²) in [6.07, 6.45) is 4.20. The molecule has 1 saturated carbocycles. The van der Waals surface area contributed by atoms with Crippen LogP contribution in [0.5, 0.6) is 0 Å². The predicted octanol–water partition coefficient (Wildman–Crippen LogP) is 1.56. The third-order valence-electron chi connectivity index (χ3n) is 2.88. The highest BCUT2D eigenvalue weighted by Gasteiger charge is 2.23. The summed E-state index contributed by atoms with van der Waals surface area (Å²) in [6, 6.07) is 0.797. The van der Waals surface area contributed by atoms with Crippen LogP contribution in [0, 0.1) is 0 Å². The van der Waals surface area contributed by atoms with Gasteiger partial charge in [0.2, 0.25) is 5.95 Å². The lowest BCUT2D eigenvalue weighted by Crippen LogP contribution is -2.08.